The number of aromatic amines is 1. The Hall–Kier alpha value is -3.25. The number of rotatable bonds is 4. The van der Waals surface area contributed by atoms with Gasteiger partial charge in [0.15, 0.2) is 4.77 Å². The summed E-state index contributed by atoms with van der Waals surface area (Å²) in [5, 5.41) is 4.45. The van der Waals surface area contributed by atoms with E-state index >= 15 is 0 Å². The van der Waals surface area contributed by atoms with Gasteiger partial charge in [0.25, 0.3) is 0 Å². The molecular weight excluding hydrogens is 330 g/mol. The summed E-state index contributed by atoms with van der Waals surface area (Å²) in [6, 6.07) is 18.1. The van der Waals surface area contributed by atoms with Crippen LogP contribution in [0.2, 0.25) is 0 Å². The van der Waals surface area contributed by atoms with Crippen molar-refractivity contribution in [2.45, 2.75) is 0 Å². The highest BCUT2D eigenvalue weighted by Crippen LogP contribution is 2.16. The molecule has 4 aromatic rings. The number of H-pyrrole nitrogens is 1. The van der Waals surface area contributed by atoms with Crippen LogP contribution in [0.25, 0.3) is 16.9 Å². The first kappa shape index (κ1) is 15.3. The zero-order valence-corrected chi connectivity index (χ0v) is 14.1. The Morgan fingerprint density at radius 1 is 1.04 bits per heavy atom. The van der Waals surface area contributed by atoms with E-state index in [-0.39, 0.29) is 0 Å². The fourth-order valence-electron chi connectivity index (χ4n) is 2.51. The average molecular weight is 345 g/mol. The van der Waals surface area contributed by atoms with Crippen LogP contribution in [0.3, 0.4) is 0 Å². The number of aromatic nitrogens is 4. The normalized spacial score (nSPS) is 11.2. The smallest absolute Gasteiger partial charge is 0.198 e. The molecule has 2 aromatic carbocycles. The van der Waals surface area contributed by atoms with Crippen molar-refractivity contribution < 1.29 is 0 Å². The molecular formula is C19H15N5S. The van der Waals surface area contributed by atoms with Crippen LogP contribution < -0.4 is 0 Å². The van der Waals surface area contributed by atoms with E-state index in [2.05, 4.69) is 15.1 Å². The quantitative estimate of drug-likeness (QED) is 0.443. The molecule has 2 heterocycles. The number of imidazole rings is 2. The van der Waals surface area contributed by atoms with E-state index in [0.717, 1.165) is 22.5 Å². The second kappa shape index (κ2) is 6.70. The van der Waals surface area contributed by atoms with Crippen molar-refractivity contribution in [3.05, 3.63) is 89.8 Å². The number of hydrogen-bond acceptors (Lipinski definition) is 3. The van der Waals surface area contributed by atoms with Gasteiger partial charge in [0.05, 0.1) is 24.4 Å². The fourth-order valence-corrected chi connectivity index (χ4v) is 2.72. The Bertz CT molecular complexity index is 1040. The molecule has 0 bridgehead atoms. The zero-order chi connectivity index (χ0) is 17.1. The van der Waals surface area contributed by atoms with Gasteiger partial charge in [-0.25, -0.2) is 9.66 Å². The molecule has 0 aliphatic rings. The molecule has 2 aromatic heterocycles. The van der Waals surface area contributed by atoms with E-state index in [4.69, 9.17) is 12.2 Å². The van der Waals surface area contributed by atoms with Crippen molar-refractivity contribution in [2.24, 2.45) is 5.10 Å². The summed E-state index contributed by atoms with van der Waals surface area (Å²) >= 11 is 5.35. The maximum Gasteiger partial charge on any atom is 0.198 e. The molecule has 5 nitrogen and oxygen atoms in total. The van der Waals surface area contributed by atoms with Crippen molar-refractivity contribution in [1.82, 2.24) is 19.2 Å². The Morgan fingerprint density at radius 2 is 1.84 bits per heavy atom. The van der Waals surface area contributed by atoms with Crippen LogP contribution in [0.1, 0.15) is 5.56 Å². The first-order chi connectivity index (χ1) is 12.3. The lowest BCUT2D eigenvalue weighted by Gasteiger charge is -2.01. The lowest BCUT2D eigenvalue weighted by atomic mass is 10.2. The lowest BCUT2D eigenvalue weighted by Crippen LogP contribution is -1.92. The van der Waals surface area contributed by atoms with Crippen molar-refractivity contribution >= 4 is 18.4 Å². The summed E-state index contributed by atoms with van der Waals surface area (Å²) in [7, 11) is 0. The van der Waals surface area contributed by atoms with Crippen molar-refractivity contribution in [2.75, 3.05) is 0 Å². The van der Waals surface area contributed by atoms with Gasteiger partial charge in [-0.05, 0) is 35.5 Å². The molecule has 0 aliphatic heterocycles. The van der Waals surface area contributed by atoms with Gasteiger partial charge >= 0.3 is 0 Å². The molecule has 0 radical (unpaired) electrons. The minimum atomic E-state index is 0.560. The zero-order valence-electron chi connectivity index (χ0n) is 13.3. The largest absolute Gasteiger partial charge is 0.329 e. The predicted molar refractivity (Wildman–Crippen MR) is 102 cm³/mol. The fraction of sp³-hybridized carbons (Fsp3) is 0. The Labute approximate surface area is 149 Å². The second-order valence-corrected chi connectivity index (χ2v) is 5.88. The number of nitrogens with zero attached hydrogens (tertiary/aromatic N) is 4. The molecule has 122 valence electrons. The SMILES string of the molecule is S=c1[nH]c(-c2ccccc2)cn1/N=C/c1ccc(-n2ccnc2)cc1. The van der Waals surface area contributed by atoms with Crippen molar-refractivity contribution in [3.8, 4) is 16.9 Å². The Balaban J connectivity index is 1.56. The van der Waals surface area contributed by atoms with Crippen molar-refractivity contribution in [1.29, 1.82) is 0 Å². The van der Waals surface area contributed by atoms with Crippen LogP contribution in [0.4, 0.5) is 0 Å². The first-order valence-corrected chi connectivity index (χ1v) is 8.20. The Kier molecular flexibility index (Phi) is 4.10. The lowest BCUT2D eigenvalue weighted by molar-refractivity contribution is 0.864. The summed E-state index contributed by atoms with van der Waals surface area (Å²) in [6.07, 6.45) is 9.12. The maximum absolute atomic E-state index is 5.35. The minimum Gasteiger partial charge on any atom is -0.329 e. The highest BCUT2D eigenvalue weighted by Gasteiger charge is 2.01. The third-order valence-electron chi connectivity index (χ3n) is 3.81. The van der Waals surface area contributed by atoms with Gasteiger partial charge in [0.2, 0.25) is 0 Å². The molecule has 0 fully saturated rings. The van der Waals surface area contributed by atoms with Gasteiger partial charge in [-0.15, -0.1) is 0 Å². The molecule has 0 spiro atoms. The van der Waals surface area contributed by atoms with Crippen LogP contribution in [0.5, 0.6) is 0 Å². The van der Waals surface area contributed by atoms with Gasteiger partial charge in [-0.2, -0.15) is 5.10 Å². The highest BCUT2D eigenvalue weighted by atomic mass is 32.1. The molecule has 0 atom stereocenters. The van der Waals surface area contributed by atoms with E-state index < -0.39 is 0 Å². The molecule has 6 heteroatoms. The molecule has 0 saturated carbocycles. The summed E-state index contributed by atoms with van der Waals surface area (Å²) in [5.74, 6) is 0. The van der Waals surface area contributed by atoms with Crippen LogP contribution in [0, 0.1) is 4.77 Å². The topological polar surface area (TPSA) is 50.9 Å². The molecule has 0 amide bonds. The first-order valence-electron chi connectivity index (χ1n) is 7.79. The molecule has 25 heavy (non-hydrogen) atoms. The number of benzene rings is 2. The second-order valence-electron chi connectivity index (χ2n) is 5.49. The average Bonchev–Trinajstić information content (AvgIpc) is 3.31. The number of nitrogens with one attached hydrogen (secondary N) is 1. The predicted octanol–water partition coefficient (Wildman–Crippen LogP) is 4.28. The van der Waals surface area contributed by atoms with Gasteiger partial charge in [-0.3, -0.25) is 0 Å². The molecule has 0 saturated heterocycles. The third-order valence-corrected chi connectivity index (χ3v) is 4.10. The summed E-state index contributed by atoms with van der Waals surface area (Å²) < 4.78 is 4.18. The van der Waals surface area contributed by atoms with E-state index in [1.807, 2.05) is 71.6 Å². The van der Waals surface area contributed by atoms with Crippen LogP contribution in [-0.2, 0) is 0 Å². The molecule has 0 unspecified atom stereocenters. The van der Waals surface area contributed by atoms with Gasteiger partial charge in [-0.1, -0.05) is 42.5 Å². The maximum atomic E-state index is 5.35. The monoisotopic (exact) mass is 345 g/mol. The third kappa shape index (κ3) is 3.34. The summed E-state index contributed by atoms with van der Waals surface area (Å²) in [5.41, 5.74) is 4.07. The molecule has 1 N–H and O–H groups in total. The standard InChI is InChI=1S/C19H15N5S/c25-19-22-18(16-4-2-1-3-5-16)13-24(19)21-12-15-6-8-17(9-7-15)23-11-10-20-14-23/h1-14H,(H,22,25)/b21-12+. The molecule has 0 aliphatic carbocycles. The van der Waals surface area contributed by atoms with Crippen molar-refractivity contribution in [3.63, 3.8) is 0 Å². The van der Waals surface area contributed by atoms with Gasteiger partial charge < -0.3 is 9.55 Å². The van der Waals surface area contributed by atoms with Crippen LogP contribution in [0.15, 0.2) is 84.6 Å². The van der Waals surface area contributed by atoms with Gasteiger partial charge in [0, 0.05) is 18.1 Å². The van der Waals surface area contributed by atoms with E-state index in [1.54, 1.807) is 23.4 Å². The minimum absolute atomic E-state index is 0.560. The van der Waals surface area contributed by atoms with Gasteiger partial charge in [0.1, 0.15) is 0 Å². The van der Waals surface area contributed by atoms with E-state index in [9.17, 15) is 0 Å². The van der Waals surface area contributed by atoms with E-state index in [1.165, 1.54) is 0 Å². The highest BCUT2D eigenvalue weighted by molar-refractivity contribution is 7.71. The van der Waals surface area contributed by atoms with E-state index in [0.29, 0.717) is 4.77 Å². The van der Waals surface area contributed by atoms with Crippen LogP contribution in [-0.4, -0.2) is 25.4 Å². The summed E-state index contributed by atoms with van der Waals surface area (Å²) in [6.45, 7) is 0. The van der Waals surface area contributed by atoms with Crippen LogP contribution >= 0.6 is 12.2 Å². The Morgan fingerprint density at radius 3 is 2.56 bits per heavy atom. The molecule has 4 rings (SSSR count). The number of hydrogen-bond donors (Lipinski definition) is 1. The summed E-state index contributed by atoms with van der Waals surface area (Å²) in [4.78, 5) is 7.23.